The Morgan fingerprint density at radius 2 is 1.44 bits per heavy atom. The summed E-state index contributed by atoms with van der Waals surface area (Å²) in [6.07, 6.45) is 0. The van der Waals surface area contributed by atoms with Crippen molar-refractivity contribution in [3.8, 4) is 11.5 Å². The third-order valence-electron chi connectivity index (χ3n) is 3.33. The van der Waals surface area contributed by atoms with E-state index >= 15 is 0 Å². The van der Waals surface area contributed by atoms with Crippen LogP contribution in [-0.4, -0.2) is 31.1 Å². The lowest BCUT2D eigenvalue weighted by Gasteiger charge is -2.14. The van der Waals surface area contributed by atoms with Crippen LogP contribution in [0.25, 0.3) is 0 Å². The standard InChI is InChI=1S/C15H18N2O6S2/c1-10-4-6-13(23-3)15(8-10)25(20,21)17-11-5-7-12(22-2)14(9-11)24(16,18)19/h4-9,17H,1-3H3,(H2,16,18,19). The summed E-state index contributed by atoms with van der Waals surface area (Å²) in [6, 6.07) is 8.47. The van der Waals surface area contributed by atoms with Gasteiger partial charge < -0.3 is 9.47 Å². The molecule has 8 nitrogen and oxygen atoms in total. The van der Waals surface area contributed by atoms with E-state index in [9.17, 15) is 16.8 Å². The molecule has 0 saturated carbocycles. The van der Waals surface area contributed by atoms with Crippen LogP contribution in [0.15, 0.2) is 46.2 Å². The van der Waals surface area contributed by atoms with Gasteiger partial charge in [0.15, 0.2) is 0 Å². The summed E-state index contributed by atoms with van der Waals surface area (Å²) in [5.41, 5.74) is 0.745. The SMILES string of the molecule is COc1ccc(NS(=O)(=O)c2cc(C)ccc2OC)cc1S(N)(=O)=O. The number of hydrogen-bond acceptors (Lipinski definition) is 6. The first-order chi connectivity index (χ1) is 11.6. The van der Waals surface area contributed by atoms with E-state index in [0.717, 1.165) is 11.6 Å². The normalized spacial score (nSPS) is 11.8. The molecule has 0 aromatic heterocycles. The van der Waals surface area contributed by atoms with Gasteiger partial charge in [0.05, 0.1) is 19.9 Å². The van der Waals surface area contributed by atoms with Crippen LogP contribution in [0, 0.1) is 6.92 Å². The van der Waals surface area contributed by atoms with Crippen LogP contribution >= 0.6 is 0 Å². The zero-order chi connectivity index (χ0) is 18.8. The fraction of sp³-hybridized carbons (Fsp3) is 0.200. The number of anilines is 1. The number of nitrogens with two attached hydrogens (primary N) is 1. The summed E-state index contributed by atoms with van der Waals surface area (Å²) < 4.78 is 60.9. The molecule has 0 aliphatic rings. The van der Waals surface area contributed by atoms with E-state index < -0.39 is 20.0 Å². The lowest BCUT2D eigenvalue weighted by molar-refractivity contribution is 0.402. The van der Waals surface area contributed by atoms with Gasteiger partial charge in [0.2, 0.25) is 10.0 Å². The molecule has 0 bridgehead atoms. The van der Waals surface area contributed by atoms with Gasteiger partial charge in [0.1, 0.15) is 21.3 Å². The Kier molecular flexibility index (Phi) is 5.26. The third-order valence-corrected chi connectivity index (χ3v) is 5.67. The molecule has 0 spiro atoms. The van der Waals surface area contributed by atoms with Crippen molar-refractivity contribution < 1.29 is 26.3 Å². The minimum Gasteiger partial charge on any atom is -0.495 e. The molecule has 2 aromatic carbocycles. The molecule has 0 aliphatic carbocycles. The number of methoxy groups -OCH3 is 2. The van der Waals surface area contributed by atoms with E-state index in [1.807, 2.05) is 0 Å². The maximum absolute atomic E-state index is 12.6. The van der Waals surface area contributed by atoms with E-state index in [2.05, 4.69) is 4.72 Å². The first-order valence-electron chi connectivity index (χ1n) is 6.97. The van der Waals surface area contributed by atoms with Crippen molar-refractivity contribution in [2.45, 2.75) is 16.7 Å². The predicted molar refractivity (Wildman–Crippen MR) is 92.9 cm³/mol. The van der Waals surface area contributed by atoms with Gasteiger partial charge in [-0.3, -0.25) is 4.72 Å². The summed E-state index contributed by atoms with van der Waals surface area (Å²) >= 11 is 0. The monoisotopic (exact) mass is 386 g/mol. The minimum absolute atomic E-state index is 0.0126. The highest BCUT2D eigenvalue weighted by Gasteiger charge is 2.22. The first kappa shape index (κ1) is 19.0. The van der Waals surface area contributed by atoms with E-state index in [-0.39, 0.29) is 27.0 Å². The third kappa shape index (κ3) is 4.21. The fourth-order valence-corrected chi connectivity index (χ4v) is 4.19. The van der Waals surface area contributed by atoms with Gasteiger partial charge in [-0.1, -0.05) is 6.07 Å². The summed E-state index contributed by atoms with van der Waals surface area (Å²) in [5.74, 6) is 0.178. The molecule has 136 valence electrons. The molecule has 0 radical (unpaired) electrons. The van der Waals surface area contributed by atoms with Crippen molar-refractivity contribution >= 4 is 25.7 Å². The molecule has 25 heavy (non-hydrogen) atoms. The number of hydrogen-bond donors (Lipinski definition) is 2. The number of aryl methyl sites for hydroxylation is 1. The molecule has 0 aliphatic heterocycles. The largest absolute Gasteiger partial charge is 0.495 e. The predicted octanol–water partition coefficient (Wildman–Crippen LogP) is 1.46. The van der Waals surface area contributed by atoms with Crippen molar-refractivity contribution in [2.75, 3.05) is 18.9 Å². The van der Waals surface area contributed by atoms with E-state index in [1.54, 1.807) is 13.0 Å². The second-order valence-electron chi connectivity index (χ2n) is 5.17. The number of rotatable bonds is 6. The average Bonchev–Trinajstić information content (AvgIpc) is 2.53. The van der Waals surface area contributed by atoms with Crippen LogP contribution in [0.3, 0.4) is 0 Å². The Morgan fingerprint density at radius 3 is 2.00 bits per heavy atom. The van der Waals surface area contributed by atoms with Crippen molar-refractivity contribution in [1.29, 1.82) is 0 Å². The van der Waals surface area contributed by atoms with Crippen LogP contribution in [0.1, 0.15) is 5.56 Å². The molecule has 2 aromatic rings. The number of primary sulfonamides is 1. The molecular weight excluding hydrogens is 368 g/mol. The molecule has 3 N–H and O–H groups in total. The highest BCUT2D eigenvalue weighted by molar-refractivity contribution is 7.92. The zero-order valence-corrected chi connectivity index (χ0v) is 15.4. The Balaban J connectivity index is 2.51. The van der Waals surface area contributed by atoms with Gasteiger partial charge in [-0.2, -0.15) is 0 Å². The van der Waals surface area contributed by atoms with Crippen LogP contribution in [0.4, 0.5) is 5.69 Å². The summed E-state index contributed by atoms with van der Waals surface area (Å²) in [7, 11) is -5.46. The number of nitrogens with one attached hydrogen (secondary N) is 1. The van der Waals surface area contributed by atoms with Crippen molar-refractivity contribution in [2.24, 2.45) is 5.14 Å². The van der Waals surface area contributed by atoms with Gasteiger partial charge >= 0.3 is 0 Å². The van der Waals surface area contributed by atoms with Crippen molar-refractivity contribution in [3.63, 3.8) is 0 Å². The Labute approximate surface area is 146 Å². The Bertz CT molecular complexity index is 1000. The minimum atomic E-state index is -4.09. The quantitative estimate of drug-likeness (QED) is 0.774. The zero-order valence-electron chi connectivity index (χ0n) is 13.8. The maximum Gasteiger partial charge on any atom is 0.265 e. The van der Waals surface area contributed by atoms with Crippen molar-refractivity contribution in [3.05, 3.63) is 42.0 Å². The van der Waals surface area contributed by atoms with Gasteiger partial charge in [-0.05, 0) is 42.8 Å². The summed E-state index contributed by atoms with van der Waals surface area (Å²) in [5, 5.41) is 5.14. The second-order valence-corrected chi connectivity index (χ2v) is 8.35. The molecule has 0 saturated heterocycles. The Morgan fingerprint density at radius 1 is 0.880 bits per heavy atom. The number of benzene rings is 2. The lowest BCUT2D eigenvalue weighted by atomic mass is 10.2. The number of sulfonamides is 2. The van der Waals surface area contributed by atoms with E-state index in [1.165, 1.54) is 38.5 Å². The molecule has 10 heteroatoms. The van der Waals surface area contributed by atoms with E-state index in [0.29, 0.717) is 0 Å². The highest BCUT2D eigenvalue weighted by Crippen LogP contribution is 2.30. The smallest absolute Gasteiger partial charge is 0.265 e. The Hall–Kier alpha value is -2.30. The molecule has 0 atom stereocenters. The van der Waals surface area contributed by atoms with Crippen LogP contribution in [0.5, 0.6) is 11.5 Å². The fourth-order valence-electron chi connectivity index (χ4n) is 2.17. The van der Waals surface area contributed by atoms with Crippen LogP contribution in [0.2, 0.25) is 0 Å². The van der Waals surface area contributed by atoms with Gasteiger partial charge in [-0.25, -0.2) is 22.0 Å². The van der Waals surface area contributed by atoms with Gasteiger partial charge in [0, 0.05) is 0 Å². The van der Waals surface area contributed by atoms with E-state index in [4.69, 9.17) is 14.6 Å². The average molecular weight is 386 g/mol. The lowest BCUT2D eigenvalue weighted by Crippen LogP contribution is -2.17. The van der Waals surface area contributed by atoms with Crippen molar-refractivity contribution in [1.82, 2.24) is 0 Å². The summed E-state index contributed by atoms with van der Waals surface area (Å²) in [6.45, 7) is 1.74. The summed E-state index contributed by atoms with van der Waals surface area (Å²) in [4.78, 5) is -0.394. The molecule has 0 fully saturated rings. The maximum atomic E-state index is 12.6. The molecule has 0 unspecified atom stereocenters. The molecule has 2 rings (SSSR count). The molecule has 0 heterocycles. The van der Waals surface area contributed by atoms with Gasteiger partial charge in [0.25, 0.3) is 10.0 Å². The molecule has 0 amide bonds. The van der Waals surface area contributed by atoms with Gasteiger partial charge in [-0.15, -0.1) is 0 Å². The van der Waals surface area contributed by atoms with Crippen LogP contribution < -0.4 is 19.3 Å². The molecular formula is C15H18N2O6S2. The van der Waals surface area contributed by atoms with Crippen LogP contribution in [-0.2, 0) is 20.0 Å². The topological polar surface area (TPSA) is 125 Å². The highest BCUT2D eigenvalue weighted by atomic mass is 32.2. The first-order valence-corrected chi connectivity index (χ1v) is 10.00. The second kappa shape index (κ2) is 6.90. The number of ether oxygens (including phenoxy) is 2.